The second-order valence-electron chi connectivity index (χ2n) is 7.70. The van der Waals surface area contributed by atoms with E-state index in [0.717, 1.165) is 63.7 Å². The van der Waals surface area contributed by atoms with E-state index in [2.05, 4.69) is 6.58 Å². The van der Waals surface area contributed by atoms with Gasteiger partial charge in [0.2, 0.25) is 0 Å². The van der Waals surface area contributed by atoms with Crippen molar-refractivity contribution in [2.45, 2.75) is 51.4 Å². The molecule has 0 amide bonds. The van der Waals surface area contributed by atoms with Gasteiger partial charge in [-0.1, -0.05) is 6.58 Å². The Kier molecular flexibility index (Phi) is 11.0. The van der Waals surface area contributed by atoms with Gasteiger partial charge in [-0.3, -0.25) is 4.79 Å². The van der Waals surface area contributed by atoms with E-state index in [1.54, 1.807) is 19.2 Å². The minimum absolute atomic E-state index is 0.0191. The molecule has 6 heteroatoms. The molecule has 30 heavy (non-hydrogen) atoms. The fraction of sp³-hybridized carbons (Fsp3) is 0.583. The molecule has 0 radical (unpaired) electrons. The van der Waals surface area contributed by atoms with Crippen LogP contribution in [-0.4, -0.2) is 38.9 Å². The largest absolute Gasteiger partial charge is 0.494 e. The molecule has 1 aromatic rings. The molecule has 0 bridgehead atoms. The summed E-state index contributed by atoms with van der Waals surface area (Å²) in [4.78, 5) is 23.3. The van der Waals surface area contributed by atoms with E-state index >= 15 is 0 Å². The molecule has 0 spiro atoms. The number of carbonyl (C=O) groups excluding carboxylic acids is 2. The maximum absolute atomic E-state index is 12.4. The third kappa shape index (κ3) is 8.99. The number of esters is 2. The zero-order valence-corrected chi connectivity index (χ0v) is 18.0. The van der Waals surface area contributed by atoms with Crippen molar-refractivity contribution in [3.8, 4) is 11.5 Å². The quantitative estimate of drug-likeness (QED) is 0.200. The number of hydrogen-bond acceptors (Lipinski definition) is 6. The van der Waals surface area contributed by atoms with Crippen LogP contribution in [0.25, 0.3) is 0 Å². The van der Waals surface area contributed by atoms with Crippen LogP contribution >= 0.6 is 0 Å². The molecule has 0 heterocycles. The van der Waals surface area contributed by atoms with Gasteiger partial charge in [0.25, 0.3) is 0 Å². The van der Waals surface area contributed by atoms with E-state index in [9.17, 15) is 9.59 Å². The first-order valence-corrected chi connectivity index (χ1v) is 10.8. The van der Waals surface area contributed by atoms with E-state index in [4.69, 9.17) is 18.9 Å². The lowest BCUT2D eigenvalue weighted by Gasteiger charge is -2.26. The highest BCUT2D eigenvalue weighted by atomic mass is 16.5. The molecule has 0 atom stereocenters. The Morgan fingerprint density at radius 2 is 1.60 bits per heavy atom. The van der Waals surface area contributed by atoms with Crippen LogP contribution in [0, 0.1) is 11.8 Å². The summed E-state index contributed by atoms with van der Waals surface area (Å²) in [5.74, 6) is 1.34. The van der Waals surface area contributed by atoms with Crippen molar-refractivity contribution in [3.63, 3.8) is 0 Å². The Labute approximate surface area is 179 Å². The van der Waals surface area contributed by atoms with Gasteiger partial charge in [0.1, 0.15) is 11.5 Å². The molecular weight excluding hydrogens is 384 g/mol. The third-order valence-electron chi connectivity index (χ3n) is 5.34. The number of methoxy groups -OCH3 is 1. The van der Waals surface area contributed by atoms with E-state index < -0.39 is 0 Å². The maximum Gasteiger partial charge on any atom is 0.330 e. The van der Waals surface area contributed by atoms with Crippen molar-refractivity contribution in [3.05, 3.63) is 36.9 Å². The van der Waals surface area contributed by atoms with Crippen molar-refractivity contribution in [1.82, 2.24) is 0 Å². The molecule has 166 valence electrons. The van der Waals surface area contributed by atoms with Crippen LogP contribution in [0.3, 0.4) is 0 Å². The van der Waals surface area contributed by atoms with E-state index in [1.165, 1.54) is 6.08 Å². The molecule has 1 fully saturated rings. The third-order valence-corrected chi connectivity index (χ3v) is 5.34. The lowest BCUT2D eigenvalue weighted by Crippen LogP contribution is -2.27. The summed E-state index contributed by atoms with van der Waals surface area (Å²) in [6.45, 7) is 5.18. The minimum Gasteiger partial charge on any atom is -0.494 e. The number of ether oxygens (including phenoxy) is 4. The van der Waals surface area contributed by atoms with Crippen LogP contribution in [-0.2, 0) is 19.1 Å². The monoisotopic (exact) mass is 418 g/mol. The Bertz CT molecular complexity index is 646. The van der Waals surface area contributed by atoms with Gasteiger partial charge in [-0.05, 0) is 81.5 Å². The number of benzene rings is 1. The Balaban J connectivity index is 1.58. The van der Waals surface area contributed by atoms with Gasteiger partial charge in [0.05, 0.1) is 19.1 Å². The van der Waals surface area contributed by atoms with E-state index in [1.807, 2.05) is 12.1 Å². The van der Waals surface area contributed by atoms with Crippen LogP contribution < -0.4 is 9.47 Å². The zero-order chi connectivity index (χ0) is 21.6. The van der Waals surface area contributed by atoms with Gasteiger partial charge >= 0.3 is 11.9 Å². The van der Waals surface area contributed by atoms with Crippen molar-refractivity contribution >= 4 is 11.9 Å². The topological polar surface area (TPSA) is 71.1 Å². The van der Waals surface area contributed by atoms with Crippen molar-refractivity contribution in [1.29, 1.82) is 0 Å². The van der Waals surface area contributed by atoms with Gasteiger partial charge in [-0.25, -0.2) is 4.79 Å². The zero-order valence-electron chi connectivity index (χ0n) is 18.0. The Hall–Kier alpha value is -2.34. The molecule has 1 aliphatic carbocycles. The van der Waals surface area contributed by atoms with E-state index in [0.29, 0.717) is 24.9 Å². The molecule has 0 aromatic heterocycles. The molecule has 2 rings (SSSR count). The first kappa shape index (κ1) is 23.9. The van der Waals surface area contributed by atoms with E-state index in [-0.39, 0.29) is 17.9 Å². The van der Waals surface area contributed by atoms with Crippen LogP contribution in [0.2, 0.25) is 0 Å². The molecule has 6 nitrogen and oxygen atoms in total. The molecule has 0 unspecified atom stereocenters. The van der Waals surface area contributed by atoms with Gasteiger partial charge in [0.15, 0.2) is 0 Å². The minimum atomic E-state index is -0.373. The highest BCUT2D eigenvalue weighted by molar-refractivity contribution is 5.81. The molecule has 0 aliphatic heterocycles. The van der Waals surface area contributed by atoms with Crippen LogP contribution in [0.4, 0.5) is 0 Å². The summed E-state index contributed by atoms with van der Waals surface area (Å²) in [5, 5.41) is 0. The summed E-state index contributed by atoms with van der Waals surface area (Å²) in [7, 11) is 1.72. The van der Waals surface area contributed by atoms with Crippen LogP contribution in [0.15, 0.2) is 36.9 Å². The fourth-order valence-electron chi connectivity index (χ4n) is 3.58. The number of hydrogen-bond donors (Lipinski definition) is 0. The summed E-state index contributed by atoms with van der Waals surface area (Å²) in [6.07, 6.45) is 8.69. The van der Waals surface area contributed by atoms with Crippen molar-refractivity contribution < 1.29 is 28.5 Å². The Morgan fingerprint density at radius 3 is 2.23 bits per heavy atom. The number of unbranched alkanes of at least 4 members (excludes halogenated alkanes) is 3. The average molecular weight is 419 g/mol. The van der Waals surface area contributed by atoms with Crippen molar-refractivity contribution in [2.75, 3.05) is 26.9 Å². The highest BCUT2D eigenvalue weighted by Crippen LogP contribution is 2.30. The molecule has 1 aliphatic rings. The maximum atomic E-state index is 12.4. The predicted molar refractivity (Wildman–Crippen MR) is 115 cm³/mol. The van der Waals surface area contributed by atoms with Gasteiger partial charge in [-0.15, -0.1) is 0 Å². The second kappa shape index (κ2) is 13.8. The first-order chi connectivity index (χ1) is 14.6. The Morgan fingerprint density at radius 1 is 0.967 bits per heavy atom. The molecule has 0 N–H and O–H groups in total. The highest BCUT2D eigenvalue weighted by Gasteiger charge is 2.27. The van der Waals surface area contributed by atoms with Crippen LogP contribution in [0.1, 0.15) is 51.4 Å². The predicted octanol–water partition coefficient (Wildman–Crippen LogP) is 4.71. The molecule has 1 aromatic carbocycles. The van der Waals surface area contributed by atoms with Gasteiger partial charge in [0, 0.05) is 19.8 Å². The lowest BCUT2D eigenvalue weighted by atomic mass is 9.82. The molecule has 1 saturated carbocycles. The number of rotatable bonds is 13. The summed E-state index contributed by atoms with van der Waals surface area (Å²) < 4.78 is 21.4. The number of carbonyl (C=O) groups is 2. The van der Waals surface area contributed by atoms with Gasteiger partial charge in [-0.2, -0.15) is 0 Å². The lowest BCUT2D eigenvalue weighted by molar-refractivity contribution is -0.140. The van der Waals surface area contributed by atoms with Gasteiger partial charge < -0.3 is 18.9 Å². The SMILES string of the molecule is C=CC(=O)OCCCCCCOc1ccc(OC(=O)C2CCC(COC)CC2)cc1. The fourth-order valence-corrected chi connectivity index (χ4v) is 3.58. The normalized spacial score (nSPS) is 18.4. The molecule has 0 saturated heterocycles. The summed E-state index contributed by atoms with van der Waals surface area (Å²) >= 11 is 0. The average Bonchev–Trinajstić information content (AvgIpc) is 2.77. The summed E-state index contributed by atoms with van der Waals surface area (Å²) in [5.41, 5.74) is 0. The summed E-state index contributed by atoms with van der Waals surface area (Å²) in [6, 6.07) is 7.20. The van der Waals surface area contributed by atoms with Crippen molar-refractivity contribution in [2.24, 2.45) is 11.8 Å². The standard InChI is InChI=1S/C24H34O6/c1-3-23(25)29-17-7-5-4-6-16-28-21-12-14-22(15-13-21)30-24(26)20-10-8-19(9-11-20)18-27-2/h3,12-15,19-20H,1,4-11,16-18H2,2H3. The smallest absolute Gasteiger partial charge is 0.330 e. The molecular formula is C24H34O6. The second-order valence-corrected chi connectivity index (χ2v) is 7.70. The van der Waals surface area contributed by atoms with Crippen LogP contribution in [0.5, 0.6) is 11.5 Å². The first-order valence-electron chi connectivity index (χ1n) is 10.8.